The normalized spacial score (nSPS) is 20.4. The predicted molar refractivity (Wildman–Crippen MR) is 137 cm³/mol. The molecule has 0 bridgehead atoms. The molecule has 2 aromatic rings. The molecule has 36 heavy (non-hydrogen) atoms. The summed E-state index contributed by atoms with van der Waals surface area (Å²) in [6.45, 7) is 1.41. The number of rotatable bonds is 5. The Morgan fingerprint density at radius 1 is 0.972 bits per heavy atom. The summed E-state index contributed by atoms with van der Waals surface area (Å²) < 4.78 is 55.3. The number of hydrogen-bond donors (Lipinski definition) is 1. The highest BCUT2D eigenvalue weighted by molar-refractivity contribution is 7.92. The minimum absolute atomic E-state index is 0.102. The molecule has 2 fully saturated rings. The van der Waals surface area contributed by atoms with Gasteiger partial charge < -0.3 is 4.90 Å². The number of aryl methyl sites for hydroxylation is 1. The fraction of sp³-hybridized carbons (Fsp3) is 0.583. The summed E-state index contributed by atoms with van der Waals surface area (Å²) in [7, 11) is -5.61. The van der Waals surface area contributed by atoms with Crippen LogP contribution in [0, 0.1) is 0 Å². The van der Waals surface area contributed by atoms with Crippen LogP contribution in [0.3, 0.4) is 0 Å². The van der Waals surface area contributed by atoms with Gasteiger partial charge >= 0.3 is 0 Å². The van der Waals surface area contributed by atoms with Gasteiger partial charge in [0.1, 0.15) is 5.69 Å². The lowest BCUT2D eigenvalue weighted by Crippen LogP contribution is -2.39. The van der Waals surface area contributed by atoms with Gasteiger partial charge in [-0.25, -0.2) is 16.8 Å². The van der Waals surface area contributed by atoms with Crippen molar-refractivity contribution in [1.82, 2.24) is 14.1 Å². The number of benzene rings is 1. The first-order valence-electron chi connectivity index (χ1n) is 12.5. The number of carbonyl (C=O) groups is 1. The average molecular weight is 536 g/mol. The van der Waals surface area contributed by atoms with Gasteiger partial charge in [-0.1, -0.05) is 25.7 Å². The Bertz CT molecular complexity index is 1390. The van der Waals surface area contributed by atoms with E-state index in [2.05, 4.69) is 9.82 Å². The third-order valence-corrected chi connectivity index (χ3v) is 10.1. The molecule has 1 saturated carbocycles. The number of fused-ring (bicyclic) bond motifs is 2. The maximum Gasteiger partial charge on any atom is 0.276 e. The minimum Gasteiger partial charge on any atom is -0.306 e. The van der Waals surface area contributed by atoms with Gasteiger partial charge in [0.15, 0.2) is 5.03 Å². The van der Waals surface area contributed by atoms with Crippen molar-refractivity contribution in [3.05, 3.63) is 35.5 Å². The maximum absolute atomic E-state index is 13.8. The molecule has 1 aromatic heterocycles. The fourth-order valence-electron chi connectivity index (χ4n) is 5.93. The highest BCUT2D eigenvalue weighted by Crippen LogP contribution is 2.50. The Morgan fingerprint density at radius 2 is 1.64 bits per heavy atom. The molecule has 3 heterocycles. The lowest BCUT2D eigenvalue weighted by Gasteiger charge is -2.34. The summed E-state index contributed by atoms with van der Waals surface area (Å²) in [5.74, 6) is -0.308. The molecule has 3 aliphatic rings. The molecule has 2 aliphatic heterocycles. The molecule has 12 heteroatoms. The zero-order valence-electron chi connectivity index (χ0n) is 20.7. The van der Waals surface area contributed by atoms with Gasteiger partial charge in [-0.05, 0) is 49.4 Å². The maximum atomic E-state index is 13.8. The quantitative estimate of drug-likeness (QED) is 0.628. The molecule has 1 N–H and O–H groups in total. The molecule has 10 nitrogen and oxygen atoms in total. The third-order valence-electron chi connectivity index (χ3n) is 7.67. The number of piperidine rings is 1. The van der Waals surface area contributed by atoms with Crippen LogP contribution in [-0.4, -0.2) is 62.7 Å². The SMILES string of the molecule is Cn1nc(S(=O)(=O)N2CCCCC2)cc1C(=O)N1CC2(CCCCC2)c2cc(NS(C)(=O)=O)ccc21. The predicted octanol–water partition coefficient (Wildman–Crippen LogP) is 2.83. The molecule has 1 saturated heterocycles. The summed E-state index contributed by atoms with van der Waals surface area (Å²) in [6, 6.07) is 6.69. The summed E-state index contributed by atoms with van der Waals surface area (Å²) in [5, 5.41) is 4.13. The van der Waals surface area contributed by atoms with Crippen LogP contribution in [0.1, 0.15) is 67.4 Å². The lowest BCUT2D eigenvalue weighted by molar-refractivity contribution is 0.0973. The number of carbonyl (C=O) groups excluding carboxylic acids is 1. The van der Waals surface area contributed by atoms with Gasteiger partial charge in [0.05, 0.1) is 6.26 Å². The van der Waals surface area contributed by atoms with E-state index in [1.165, 1.54) is 15.1 Å². The molecule has 1 spiro atoms. The van der Waals surface area contributed by atoms with Crippen LogP contribution >= 0.6 is 0 Å². The lowest BCUT2D eigenvalue weighted by atomic mass is 9.70. The van der Waals surface area contributed by atoms with Crippen LogP contribution in [0.15, 0.2) is 29.3 Å². The van der Waals surface area contributed by atoms with Crippen LogP contribution in [-0.2, 0) is 32.5 Å². The highest BCUT2D eigenvalue weighted by atomic mass is 32.2. The van der Waals surface area contributed by atoms with E-state index in [1.807, 2.05) is 6.07 Å². The van der Waals surface area contributed by atoms with Crippen molar-refractivity contribution in [3.63, 3.8) is 0 Å². The smallest absolute Gasteiger partial charge is 0.276 e. The zero-order valence-corrected chi connectivity index (χ0v) is 22.4. The zero-order chi connectivity index (χ0) is 25.7. The molecule has 0 radical (unpaired) electrons. The second kappa shape index (κ2) is 9.14. The van der Waals surface area contributed by atoms with Crippen molar-refractivity contribution in [1.29, 1.82) is 0 Å². The van der Waals surface area contributed by atoms with Gasteiger partial charge in [-0.15, -0.1) is 0 Å². The van der Waals surface area contributed by atoms with Gasteiger partial charge in [0.2, 0.25) is 10.0 Å². The van der Waals surface area contributed by atoms with Crippen LogP contribution < -0.4 is 9.62 Å². The first-order chi connectivity index (χ1) is 17.0. The molecule has 1 aromatic carbocycles. The summed E-state index contributed by atoms with van der Waals surface area (Å²) in [6.07, 6.45) is 8.79. The first kappa shape index (κ1) is 25.2. The Balaban J connectivity index is 1.50. The van der Waals surface area contributed by atoms with E-state index in [0.717, 1.165) is 68.9 Å². The number of anilines is 2. The van der Waals surface area contributed by atoms with Crippen molar-refractivity contribution in [2.75, 3.05) is 35.5 Å². The van der Waals surface area contributed by atoms with E-state index in [9.17, 15) is 21.6 Å². The number of amides is 1. The second-order valence-electron chi connectivity index (χ2n) is 10.3. The Hall–Kier alpha value is -2.44. The van der Waals surface area contributed by atoms with Crippen molar-refractivity contribution >= 4 is 37.3 Å². The molecule has 1 aliphatic carbocycles. The number of hydrogen-bond acceptors (Lipinski definition) is 6. The van der Waals surface area contributed by atoms with E-state index in [1.54, 1.807) is 24.1 Å². The molecular formula is C24H33N5O5S2. The molecule has 196 valence electrons. The summed E-state index contributed by atoms with van der Waals surface area (Å²) >= 11 is 0. The van der Waals surface area contributed by atoms with Crippen molar-refractivity contribution in [2.45, 2.75) is 61.8 Å². The first-order valence-corrected chi connectivity index (χ1v) is 15.8. The Kier molecular flexibility index (Phi) is 6.40. The van der Waals surface area contributed by atoms with Gasteiger partial charge in [0, 0.05) is 49.5 Å². The van der Waals surface area contributed by atoms with Crippen LogP contribution in [0.25, 0.3) is 0 Å². The van der Waals surface area contributed by atoms with Crippen LogP contribution in [0.4, 0.5) is 11.4 Å². The van der Waals surface area contributed by atoms with Crippen molar-refractivity contribution in [3.8, 4) is 0 Å². The Labute approximate surface area is 212 Å². The van der Waals surface area contributed by atoms with E-state index in [-0.39, 0.29) is 22.0 Å². The van der Waals surface area contributed by atoms with E-state index < -0.39 is 20.0 Å². The second-order valence-corrected chi connectivity index (χ2v) is 13.9. The van der Waals surface area contributed by atoms with E-state index in [4.69, 9.17) is 0 Å². The largest absolute Gasteiger partial charge is 0.306 e. The van der Waals surface area contributed by atoms with Crippen LogP contribution in [0.5, 0.6) is 0 Å². The topological polar surface area (TPSA) is 122 Å². The fourth-order valence-corrected chi connectivity index (χ4v) is 7.97. The van der Waals surface area contributed by atoms with Gasteiger partial charge in [0.25, 0.3) is 15.9 Å². The molecular weight excluding hydrogens is 502 g/mol. The number of aromatic nitrogens is 2. The average Bonchev–Trinajstić information content (AvgIpc) is 3.38. The number of nitrogens with zero attached hydrogens (tertiary/aromatic N) is 4. The molecule has 0 unspecified atom stereocenters. The number of nitrogens with one attached hydrogen (secondary N) is 1. The van der Waals surface area contributed by atoms with Crippen LogP contribution in [0.2, 0.25) is 0 Å². The monoisotopic (exact) mass is 535 g/mol. The highest BCUT2D eigenvalue weighted by Gasteiger charge is 2.46. The van der Waals surface area contributed by atoms with E-state index in [0.29, 0.717) is 25.3 Å². The Morgan fingerprint density at radius 3 is 2.31 bits per heavy atom. The standard InChI is InChI=1S/C24H33N5O5S2/c1-27-21(16-22(25-27)36(33,34)28-13-7-4-8-14-28)23(30)29-17-24(11-5-3-6-12-24)19-15-18(9-10-20(19)29)26-35(2,31)32/h9-10,15-16,26H,3-8,11-14,17H2,1-2H3. The molecule has 5 rings (SSSR count). The number of sulfonamides is 2. The van der Waals surface area contributed by atoms with Gasteiger partial charge in [-0.2, -0.15) is 9.40 Å². The molecule has 0 atom stereocenters. The molecule has 1 amide bonds. The summed E-state index contributed by atoms with van der Waals surface area (Å²) in [4.78, 5) is 15.5. The van der Waals surface area contributed by atoms with Gasteiger partial charge in [-0.3, -0.25) is 14.2 Å². The van der Waals surface area contributed by atoms with E-state index >= 15 is 0 Å². The summed E-state index contributed by atoms with van der Waals surface area (Å²) in [5.41, 5.74) is 2.14. The third kappa shape index (κ3) is 4.54. The van der Waals surface area contributed by atoms with Crippen molar-refractivity contribution < 1.29 is 21.6 Å². The van der Waals surface area contributed by atoms with Crippen molar-refractivity contribution in [2.24, 2.45) is 7.05 Å². The minimum atomic E-state index is -3.77.